The molecule has 0 N–H and O–H groups in total. The summed E-state index contributed by atoms with van der Waals surface area (Å²) in [6.07, 6.45) is 17.5. The van der Waals surface area contributed by atoms with Gasteiger partial charge in [0.1, 0.15) is 0 Å². The first-order valence-corrected chi connectivity index (χ1v) is 11.8. The van der Waals surface area contributed by atoms with Crippen molar-refractivity contribution in [2.75, 3.05) is 20.7 Å². The highest BCUT2D eigenvalue weighted by Gasteiger charge is 2.33. The summed E-state index contributed by atoms with van der Waals surface area (Å²) >= 11 is 0. The summed E-state index contributed by atoms with van der Waals surface area (Å²) in [6.45, 7) is 11.7. The summed E-state index contributed by atoms with van der Waals surface area (Å²) in [7, 11) is 3.44. The van der Waals surface area contributed by atoms with Crippen LogP contribution >= 0.6 is 0 Å². The summed E-state index contributed by atoms with van der Waals surface area (Å²) in [4.78, 5) is 13.5. The molecule has 0 amide bonds. The first-order chi connectivity index (χ1) is 15.8. The van der Waals surface area contributed by atoms with Crippen molar-refractivity contribution in [2.24, 2.45) is 0 Å². The van der Waals surface area contributed by atoms with Crippen LogP contribution in [0.1, 0.15) is 73.1 Å². The van der Waals surface area contributed by atoms with E-state index in [0.717, 1.165) is 50.0 Å². The highest BCUT2D eigenvalue weighted by molar-refractivity contribution is 5.69. The molecule has 2 rings (SSSR count). The molecule has 0 spiro atoms. The van der Waals surface area contributed by atoms with Crippen LogP contribution in [0, 0.1) is 0 Å². The van der Waals surface area contributed by atoms with Gasteiger partial charge in [-0.2, -0.15) is 4.98 Å². The van der Waals surface area contributed by atoms with Gasteiger partial charge in [-0.3, -0.25) is 0 Å². The Hall–Kier alpha value is -2.82. The fraction of sp³-hybridized carbons (Fsp3) is 0.519. The number of allylic oxidation sites excluding steroid dienone is 7. The number of rotatable bonds is 13. The van der Waals surface area contributed by atoms with Crippen molar-refractivity contribution >= 4 is 23.3 Å². The summed E-state index contributed by atoms with van der Waals surface area (Å²) in [6, 6.07) is 3.28. The third-order valence-electron chi connectivity index (χ3n) is 5.60. The lowest BCUT2D eigenvalue weighted by Crippen LogP contribution is -2.03. The number of hydrogen-bond donors (Lipinski definition) is 0. The first-order valence-electron chi connectivity index (χ1n) is 11.8. The zero-order valence-electron chi connectivity index (χ0n) is 21.5. The molecule has 1 aromatic rings. The van der Waals surface area contributed by atoms with Gasteiger partial charge in [0, 0.05) is 19.3 Å². The van der Waals surface area contributed by atoms with Crippen molar-refractivity contribution in [3.63, 3.8) is 0 Å². The quantitative estimate of drug-likeness (QED) is 0.180. The number of fused-ring (bicyclic) bond motifs is 1. The van der Waals surface area contributed by atoms with Gasteiger partial charge in [-0.15, -0.1) is 0 Å². The Bertz CT molecular complexity index is 1000. The van der Waals surface area contributed by atoms with E-state index in [1.807, 2.05) is 16.2 Å². The van der Waals surface area contributed by atoms with Crippen LogP contribution in [0.4, 0.5) is 17.3 Å². The van der Waals surface area contributed by atoms with Gasteiger partial charge in [0.2, 0.25) is 0 Å². The lowest BCUT2D eigenvalue weighted by molar-refractivity contribution is -0.446. The number of nitrogens with zero attached hydrogens (tertiary/aromatic N) is 5. The van der Waals surface area contributed by atoms with E-state index in [2.05, 4.69) is 80.4 Å². The third-order valence-corrected chi connectivity index (χ3v) is 5.60. The van der Waals surface area contributed by atoms with Crippen LogP contribution in [-0.4, -0.2) is 45.8 Å². The zero-order chi connectivity index (χ0) is 24.2. The molecular formula is C27H40N5O+. The first kappa shape index (κ1) is 26.4. The maximum absolute atomic E-state index is 4.94. The molecule has 1 aliphatic heterocycles. The zero-order valence-corrected chi connectivity index (χ0v) is 21.5. The molecule has 0 bridgehead atoms. The molecule has 0 saturated heterocycles. The van der Waals surface area contributed by atoms with E-state index in [1.165, 1.54) is 35.7 Å². The second-order valence-corrected chi connectivity index (χ2v) is 8.96. The van der Waals surface area contributed by atoms with Gasteiger partial charge in [-0.05, 0) is 79.2 Å². The second-order valence-electron chi connectivity index (χ2n) is 8.96. The molecule has 0 unspecified atom stereocenters. The van der Waals surface area contributed by atoms with Gasteiger partial charge in [0.15, 0.2) is 13.6 Å². The van der Waals surface area contributed by atoms with E-state index in [1.54, 1.807) is 0 Å². The molecule has 0 atom stereocenters. The molecule has 0 aliphatic carbocycles. The summed E-state index contributed by atoms with van der Waals surface area (Å²) < 4.78 is 3.85. The van der Waals surface area contributed by atoms with E-state index in [9.17, 15) is 0 Å². The molecule has 6 heteroatoms. The highest BCUT2D eigenvalue weighted by Crippen LogP contribution is 2.36. The Kier molecular flexibility index (Phi) is 10.9. The Labute approximate surface area is 199 Å². The third kappa shape index (κ3) is 8.91. The maximum atomic E-state index is 4.94. The average molecular weight is 451 g/mol. The van der Waals surface area contributed by atoms with Crippen LogP contribution in [0.3, 0.4) is 0 Å². The molecule has 178 valence electrons. The topological polar surface area (TPSA) is 55.1 Å². The summed E-state index contributed by atoms with van der Waals surface area (Å²) in [5, 5.41) is 0. The summed E-state index contributed by atoms with van der Waals surface area (Å²) in [5.41, 5.74) is 10.6. The van der Waals surface area contributed by atoms with Crippen LogP contribution in [0.2, 0.25) is 0 Å². The van der Waals surface area contributed by atoms with Gasteiger partial charge in [0.05, 0.1) is 0 Å². The molecule has 33 heavy (non-hydrogen) atoms. The lowest BCUT2D eigenvalue weighted by Gasteiger charge is -2.10. The van der Waals surface area contributed by atoms with E-state index >= 15 is 0 Å². The molecule has 2 heterocycles. The minimum atomic E-state index is 0.519. The largest absolute Gasteiger partial charge is 0.491 e. The second kappa shape index (κ2) is 13.7. The van der Waals surface area contributed by atoms with Gasteiger partial charge in [-0.1, -0.05) is 49.7 Å². The predicted molar refractivity (Wildman–Crippen MR) is 136 cm³/mol. The summed E-state index contributed by atoms with van der Waals surface area (Å²) in [5.74, 6) is 1.30. The van der Waals surface area contributed by atoms with E-state index in [0.29, 0.717) is 12.4 Å². The molecule has 1 aromatic heterocycles. The highest BCUT2D eigenvalue weighted by atomic mass is 16.6. The lowest BCUT2D eigenvalue weighted by atomic mass is 10.0. The fourth-order valence-corrected chi connectivity index (χ4v) is 3.65. The van der Waals surface area contributed by atoms with Gasteiger partial charge >= 0.3 is 17.5 Å². The Morgan fingerprint density at radius 2 is 1.48 bits per heavy atom. The maximum Gasteiger partial charge on any atom is 0.491 e. The van der Waals surface area contributed by atoms with Crippen LogP contribution in [0.15, 0.2) is 52.9 Å². The normalized spacial score (nSPS) is 14.1. The van der Waals surface area contributed by atoms with Gasteiger partial charge < -0.3 is 15.3 Å². The molecule has 0 fully saturated rings. The van der Waals surface area contributed by atoms with E-state index in [-0.39, 0.29) is 0 Å². The monoisotopic (exact) mass is 450 g/mol. The SMILES string of the molecule is CO[N-]c1ncnc2c1[N+](C/C=C(\C)CC/C=C(\C)CC/C=C(\C)CCC=C(C)C)=C=[N+]2C. The van der Waals surface area contributed by atoms with Crippen molar-refractivity contribution < 1.29 is 14.0 Å². The minimum Gasteiger partial charge on any atom is -0.419 e. The molecule has 6 nitrogen and oxygen atoms in total. The van der Waals surface area contributed by atoms with Crippen molar-refractivity contribution in [3.05, 3.63) is 58.4 Å². The number of hydrogen-bond acceptors (Lipinski definition) is 3. The molecule has 0 saturated carbocycles. The Morgan fingerprint density at radius 1 is 0.909 bits per heavy atom. The van der Waals surface area contributed by atoms with Gasteiger partial charge in [-0.25, -0.2) is 0 Å². The average Bonchev–Trinajstić information content (AvgIpc) is 3.09. The van der Waals surface area contributed by atoms with Crippen molar-refractivity contribution in [2.45, 2.75) is 73.1 Å². The Balaban J connectivity index is 1.82. The molecule has 0 radical (unpaired) electrons. The van der Waals surface area contributed by atoms with E-state index in [4.69, 9.17) is 4.84 Å². The minimum absolute atomic E-state index is 0.519. The van der Waals surface area contributed by atoms with Crippen LogP contribution in [0.25, 0.3) is 5.48 Å². The van der Waals surface area contributed by atoms with Crippen molar-refractivity contribution in [1.29, 1.82) is 0 Å². The molecule has 1 aliphatic rings. The smallest absolute Gasteiger partial charge is 0.419 e. The molecular weight excluding hydrogens is 410 g/mol. The van der Waals surface area contributed by atoms with Crippen LogP contribution in [0.5, 0.6) is 0 Å². The van der Waals surface area contributed by atoms with E-state index < -0.39 is 0 Å². The number of aromatic nitrogens is 2. The van der Waals surface area contributed by atoms with Crippen molar-refractivity contribution in [3.8, 4) is 0 Å². The molecule has 0 aromatic carbocycles. The fourth-order valence-electron chi connectivity index (χ4n) is 3.65. The standard InChI is InChI=1S/C27H40N5O/c1-21(2)11-8-12-22(3)13-9-14-23(4)15-10-16-24(5)17-18-32-20-31(6)27-25(32)26(30-33-7)28-19-29-27/h11,13,15,17,19H,8-10,12,14,16,18H2,1-7H3/q+1/b22-13+,23-15+,24-17+. The van der Waals surface area contributed by atoms with Gasteiger partial charge in [0.25, 0.3) is 0 Å². The van der Waals surface area contributed by atoms with Crippen LogP contribution in [-0.2, 0) is 4.84 Å². The van der Waals surface area contributed by atoms with Crippen molar-refractivity contribution in [1.82, 2.24) is 9.97 Å². The predicted octanol–water partition coefficient (Wildman–Crippen LogP) is 7.29. The Morgan fingerprint density at radius 3 is 2.06 bits per heavy atom. The van der Waals surface area contributed by atoms with Crippen LogP contribution < -0.4 is 0 Å².